The molecule has 2 aliphatic rings. The first-order chi connectivity index (χ1) is 17.9. The number of benzene rings is 2. The van der Waals surface area contributed by atoms with E-state index < -0.39 is 28.5 Å². The van der Waals surface area contributed by atoms with Crippen molar-refractivity contribution >= 4 is 28.7 Å². The summed E-state index contributed by atoms with van der Waals surface area (Å²) in [6.45, 7) is 8.23. The maximum atomic E-state index is 13.9. The largest absolute Gasteiger partial charge is 0.507 e. The fraction of sp³-hybridized carbons (Fsp3) is 0.241. The van der Waals surface area contributed by atoms with Crippen molar-refractivity contribution in [1.29, 1.82) is 0 Å². The molecule has 2 heterocycles. The first-order valence-electron chi connectivity index (χ1n) is 12.0. The molecule has 8 nitrogen and oxygen atoms in total. The van der Waals surface area contributed by atoms with Crippen LogP contribution in [0.25, 0.3) is 10.6 Å². The van der Waals surface area contributed by atoms with E-state index in [1.54, 1.807) is 25.2 Å². The van der Waals surface area contributed by atoms with Crippen LogP contribution in [0.15, 0.2) is 52.8 Å². The maximum Gasteiger partial charge on any atom is 0.194 e. The minimum Gasteiger partial charge on any atom is -0.507 e. The molecule has 1 aliphatic carbocycles. The number of aromatic hydroxyl groups is 2. The fourth-order valence-corrected chi connectivity index (χ4v) is 5.74. The van der Waals surface area contributed by atoms with Gasteiger partial charge in [0.05, 0.1) is 11.1 Å². The lowest BCUT2D eigenvalue weighted by molar-refractivity contribution is -0.123. The standard InChI is InChI=1S/C29H26N2O6S/c1-13-12-38-28(31-13)18-8-6-17(7-9-18)11-30-15(3)21-19(33)10-20-29(5,27(21)36)23-25(35)14(2)24(34)22(16(4)32)26(23)37-20/h6-10,12,30,34-35H,11H2,1-5H3/t29-/m0/s1. The number of ketones is 3. The molecule has 5 rings (SSSR count). The monoisotopic (exact) mass is 530 g/mol. The van der Waals surface area contributed by atoms with Gasteiger partial charge in [-0.25, -0.2) is 4.98 Å². The van der Waals surface area contributed by atoms with Crippen LogP contribution in [0.2, 0.25) is 0 Å². The van der Waals surface area contributed by atoms with Crippen LogP contribution < -0.4 is 10.1 Å². The van der Waals surface area contributed by atoms with Gasteiger partial charge in [0.25, 0.3) is 0 Å². The highest BCUT2D eigenvalue weighted by Gasteiger charge is 2.56. The first kappa shape index (κ1) is 25.4. The third kappa shape index (κ3) is 3.73. The number of hydrogen-bond donors (Lipinski definition) is 3. The summed E-state index contributed by atoms with van der Waals surface area (Å²) in [6, 6.07) is 7.87. The van der Waals surface area contributed by atoms with Crippen LogP contribution in [0.3, 0.4) is 0 Å². The van der Waals surface area contributed by atoms with E-state index in [1.165, 1.54) is 19.9 Å². The number of thiazole rings is 1. The molecule has 1 aliphatic heterocycles. The highest BCUT2D eigenvalue weighted by atomic mass is 32.1. The Kier molecular flexibility index (Phi) is 5.99. The number of phenolic OH excluding ortho intramolecular Hbond substituents is 2. The maximum absolute atomic E-state index is 13.9. The van der Waals surface area contributed by atoms with E-state index in [4.69, 9.17) is 4.74 Å². The number of aromatic nitrogens is 1. The fourth-order valence-electron chi connectivity index (χ4n) is 4.94. The van der Waals surface area contributed by atoms with Crippen molar-refractivity contribution in [3.8, 4) is 27.8 Å². The predicted molar refractivity (Wildman–Crippen MR) is 142 cm³/mol. The number of rotatable bonds is 5. The van der Waals surface area contributed by atoms with Crippen LogP contribution in [-0.4, -0.2) is 32.5 Å². The molecule has 0 saturated heterocycles. The van der Waals surface area contributed by atoms with Crippen LogP contribution in [0.4, 0.5) is 0 Å². The number of nitrogens with one attached hydrogen (secondary N) is 1. The molecule has 0 spiro atoms. The van der Waals surface area contributed by atoms with Crippen molar-refractivity contribution in [2.75, 3.05) is 0 Å². The molecular formula is C29H26N2O6S. The van der Waals surface area contributed by atoms with Gasteiger partial charge in [-0.2, -0.15) is 0 Å². The Morgan fingerprint density at radius 1 is 1.11 bits per heavy atom. The van der Waals surface area contributed by atoms with E-state index in [9.17, 15) is 24.6 Å². The summed E-state index contributed by atoms with van der Waals surface area (Å²) < 4.78 is 5.80. The Bertz CT molecular complexity index is 1610. The summed E-state index contributed by atoms with van der Waals surface area (Å²) in [5.74, 6) is -2.46. The zero-order chi connectivity index (χ0) is 27.5. The molecule has 0 radical (unpaired) electrons. The van der Waals surface area contributed by atoms with Crippen molar-refractivity contribution in [2.45, 2.75) is 46.6 Å². The van der Waals surface area contributed by atoms with Crippen LogP contribution in [0.1, 0.15) is 53.5 Å². The lowest BCUT2D eigenvalue weighted by Gasteiger charge is -2.29. The molecule has 3 aromatic rings. The molecular weight excluding hydrogens is 504 g/mol. The second-order valence-electron chi connectivity index (χ2n) is 9.73. The smallest absolute Gasteiger partial charge is 0.194 e. The number of aryl methyl sites for hydroxylation is 1. The second-order valence-corrected chi connectivity index (χ2v) is 10.6. The van der Waals surface area contributed by atoms with Crippen LogP contribution >= 0.6 is 11.3 Å². The molecule has 0 bridgehead atoms. The number of nitrogens with zero attached hydrogens (tertiary/aromatic N) is 1. The normalized spacial score (nSPS) is 19.4. The Morgan fingerprint density at radius 2 is 1.79 bits per heavy atom. The highest BCUT2D eigenvalue weighted by Crippen LogP contribution is 2.57. The lowest BCUT2D eigenvalue weighted by atomic mass is 9.70. The Balaban J connectivity index is 1.48. The number of carbonyl (C=O) groups excluding carboxylic acids is 3. The van der Waals surface area contributed by atoms with E-state index >= 15 is 0 Å². The average Bonchev–Trinajstić information content (AvgIpc) is 3.43. The number of phenols is 2. The van der Waals surface area contributed by atoms with Crippen molar-refractivity contribution in [3.05, 3.63) is 80.7 Å². The second kappa shape index (κ2) is 8.95. The molecule has 9 heteroatoms. The van der Waals surface area contributed by atoms with Crippen molar-refractivity contribution < 1.29 is 29.3 Å². The van der Waals surface area contributed by atoms with E-state index in [2.05, 4.69) is 10.3 Å². The third-order valence-electron chi connectivity index (χ3n) is 7.14. The van der Waals surface area contributed by atoms with E-state index in [0.717, 1.165) is 21.8 Å². The average molecular weight is 531 g/mol. The Hall–Kier alpha value is -4.24. The van der Waals surface area contributed by atoms with Crippen LogP contribution in [-0.2, 0) is 21.5 Å². The van der Waals surface area contributed by atoms with Gasteiger partial charge in [-0.3, -0.25) is 14.4 Å². The third-order valence-corrected chi connectivity index (χ3v) is 8.15. The van der Waals surface area contributed by atoms with Crippen molar-refractivity contribution in [2.24, 2.45) is 0 Å². The number of hydrogen-bond acceptors (Lipinski definition) is 9. The summed E-state index contributed by atoms with van der Waals surface area (Å²) in [4.78, 5) is 43.8. The topological polar surface area (TPSA) is 126 Å². The molecule has 2 aromatic carbocycles. The van der Waals surface area contributed by atoms with Crippen LogP contribution in [0, 0.1) is 13.8 Å². The number of carbonyl (C=O) groups is 3. The summed E-state index contributed by atoms with van der Waals surface area (Å²) in [6.07, 6.45) is 1.21. The molecule has 0 amide bonds. The van der Waals surface area contributed by atoms with Crippen molar-refractivity contribution in [3.63, 3.8) is 0 Å². The zero-order valence-electron chi connectivity index (χ0n) is 21.6. The molecule has 0 fully saturated rings. The number of fused-ring (bicyclic) bond motifs is 3. The summed E-state index contributed by atoms with van der Waals surface area (Å²) >= 11 is 1.58. The van der Waals surface area contributed by atoms with E-state index in [0.29, 0.717) is 12.2 Å². The number of allylic oxidation sites excluding steroid dienone is 4. The summed E-state index contributed by atoms with van der Waals surface area (Å²) in [7, 11) is 0. The van der Waals surface area contributed by atoms with Gasteiger partial charge in [0.15, 0.2) is 17.3 Å². The molecule has 0 unspecified atom stereocenters. The quantitative estimate of drug-likeness (QED) is 0.244. The van der Waals surface area contributed by atoms with Gasteiger partial charge in [0.2, 0.25) is 0 Å². The first-order valence-corrected chi connectivity index (χ1v) is 12.9. The lowest BCUT2D eigenvalue weighted by Crippen LogP contribution is -2.41. The Labute approximate surface area is 223 Å². The van der Waals surface area contributed by atoms with Gasteiger partial charge in [0, 0.05) is 40.5 Å². The predicted octanol–water partition coefficient (Wildman–Crippen LogP) is 4.79. The number of ether oxygens (including phenoxy) is 1. The van der Waals surface area contributed by atoms with Crippen LogP contribution in [0.5, 0.6) is 17.2 Å². The minimum atomic E-state index is -1.54. The summed E-state index contributed by atoms with van der Waals surface area (Å²) in [5, 5.41) is 27.5. The molecule has 38 heavy (non-hydrogen) atoms. The van der Waals surface area contributed by atoms with E-state index in [1.807, 2.05) is 36.6 Å². The zero-order valence-corrected chi connectivity index (χ0v) is 22.4. The highest BCUT2D eigenvalue weighted by molar-refractivity contribution is 7.13. The van der Waals surface area contributed by atoms with Gasteiger partial charge < -0.3 is 20.3 Å². The summed E-state index contributed by atoms with van der Waals surface area (Å²) in [5.41, 5.74) is 1.70. The molecule has 1 aromatic heterocycles. The Morgan fingerprint density at radius 3 is 2.39 bits per heavy atom. The van der Waals surface area contributed by atoms with Gasteiger partial charge >= 0.3 is 0 Å². The number of Topliss-reactive ketones (excluding diaryl/α,β-unsaturated/α-hetero) is 2. The van der Waals surface area contributed by atoms with Gasteiger partial charge in [-0.05, 0) is 40.2 Å². The van der Waals surface area contributed by atoms with Crippen molar-refractivity contribution in [1.82, 2.24) is 10.3 Å². The van der Waals surface area contributed by atoms with Gasteiger partial charge in [-0.1, -0.05) is 24.3 Å². The molecule has 0 saturated carbocycles. The molecule has 194 valence electrons. The van der Waals surface area contributed by atoms with Gasteiger partial charge in [0.1, 0.15) is 39.0 Å². The van der Waals surface area contributed by atoms with Gasteiger partial charge in [-0.15, -0.1) is 11.3 Å². The van der Waals surface area contributed by atoms with E-state index in [-0.39, 0.29) is 39.5 Å². The molecule has 1 atom stereocenters. The minimum absolute atomic E-state index is 0.00913. The SMILES string of the molecule is CC(=O)c1c(O)c(C)c(O)c2c1OC1=CC(=O)C(=C(C)NCc3ccc(-c4nc(C)cs4)cc3)C(=O)[C@@]12C. The molecule has 3 N–H and O–H groups in total.